The molecule has 2 aliphatic rings. The van der Waals surface area contributed by atoms with Crippen LogP contribution in [0.3, 0.4) is 0 Å². The van der Waals surface area contributed by atoms with Crippen LogP contribution in [0.15, 0.2) is 53.7 Å². The summed E-state index contributed by atoms with van der Waals surface area (Å²) in [4.78, 5) is 4.17. The van der Waals surface area contributed by atoms with Crippen molar-refractivity contribution < 1.29 is 17.9 Å². The number of hydrogen-bond acceptors (Lipinski definition) is 4. The molecule has 132 valence electrons. The summed E-state index contributed by atoms with van der Waals surface area (Å²) < 4.78 is 40.7. The molecule has 1 N–H and O–H groups in total. The Morgan fingerprint density at radius 2 is 1.76 bits per heavy atom. The number of piperidine rings is 1. The van der Waals surface area contributed by atoms with Gasteiger partial charge < -0.3 is 5.11 Å². The summed E-state index contributed by atoms with van der Waals surface area (Å²) in [6.07, 6.45) is 5.41. The number of sulfonamides is 1. The second kappa shape index (κ2) is 5.86. The van der Waals surface area contributed by atoms with Crippen LogP contribution in [0.1, 0.15) is 31.2 Å². The molecule has 2 aromatic rings. The predicted octanol–water partition coefficient (Wildman–Crippen LogP) is 2.42. The largest absolute Gasteiger partial charge is 0.385 e. The van der Waals surface area contributed by atoms with E-state index in [9.17, 15) is 17.9 Å². The van der Waals surface area contributed by atoms with Gasteiger partial charge in [-0.2, -0.15) is 4.31 Å². The molecular formula is C18H19FN2O3S. The van der Waals surface area contributed by atoms with E-state index in [0.29, 0.717) is 25.7 Å². The van der Waals surface area contributed by atoms with Crippen molar-refractivity contribution in [3.63, 3.8) is 0 Å². The molecule has 2 unspecified atom stereocenters. The molecule has 1 aromatic carbocycles. The van der Waals surface area contributed by atoms with Gasteiger partial charge in [-0.1, -0.05) is 6.07 Å². The number of aromatic nitrogens is 1. The quantitative estimate of drug-likeness (QED) is 0.910. The minimum Gasteiger partial charge on any atom is -0.385 e. The van der Waals surface area contributed by atoms with Gasteiger partial charge in [0.05, 0.1) is 10.5 Å². The molecule has 2 saturated heterocycles. The Hall–Kier alpha value is -1.83. The summed E-state index contributed by atoms with van der Waals surface area (Å²) in [5.41, 5.74) is -0.333. The maximum absolute atomic E-state index is 13.1. The Kier molecular flexibility index (Phi) is 3.90. The molecular weight excluding hydrogens is 343 g/mol. The highest BCUT2D eigenvalue weighted by Crippen LogP contribution is 2.47. The zero-order chi connectivity index (χ0) is 17.7. The number of hydrogen-bond donors (Lipinski definition) is 1. The fourth-order valence-electron chi connectivity index (χ4n) is 4.18. The summed E-state index contributed by atoms with van der Waals surface area (Å²) in [6, 6.07) is 7.99. The first-order valence-corrected chi connectivity index (χ1v) is 9.76. The molecule has 0 saturated carbocycles. The normalized spacial score (nSPS) is 29.7. The third-order valence-corrected chi connectivity index (χ3v) is 7.31. The predicted molar refractivity (Wildman–Crippen MR) is 89.6 cm³/mol. The molecule has 2 fully saturated rings. The maximum Gasteiger partial charge on any atom is 0.243 e. The average molecular weight is 362 g/mol. The van der Waals surface area contributed by atoms with E-state index in [1.165, 1.54) is 16.4 Å². The van der Waals surface area contributed by atoms with Crippen LogP contribution >= 0.6 is 0 Å². The van der Waals surface area contributed by atoms with Crippen molar-refractivity contribution >= 4 is 10.0 Å². The van der Waals surface area contributed by atoms with Crippen LogP contribution in [0.4, 0.5) is 4.39 Å². The van der Waals surface area contributed by atoms with Gasteiger partial charge in [-0.25, -0.2) is 12.8 Å². The lowest BCUT2D eigenvalue weighted by Crippen LogP contribution is -2.51. The number of rotatable bonds is 3. The lowest BCUT2D eigenvalue weighted by molar-refractivity contribution is -0.0342. The Morgan fingerprint density at radius 1 is 1.12 bits per heavy atom. The van der Waals surface area contributed by atoms with Crippen LogP contribution < -0.4 is 0 Å². The standard InChI is InChI=1S/C18H19FN2O3S/c19-14-3-7-17(8-4-14)25(23,24)21-15-5-6-16(21)11-18(22,10-15)13-2-1-9-20-12-13/h1-4,7-9,12,15-16,22H,5-6,10-11H2. The monoisotopic (exact) mass is 362 g/mol. The van der Waals surface area contributed by atoms with Crippen molar-refractivity contribution in [1.82, 2.24) is 9.29 Å². The molecule has 5 nitrogen and oxygen atoms in total. The van der Waals surface area contributed by atoms with Gasteiger partial charge in [0, 0.05) is 30.0 Å². The first-order valence-electron chi connectivity index (χ1n) is 8.32. The summed E-state index contributed by atoms with van der Waals surface area (Å²) in [5, 5.41) is 11.1. The number of benzene rings is 1. The number of nitrogens with zero attached hydrogens (tertiary/aromatic N) is 2. The van der Waals surface area contributed by atoms with E-state index in [4.69, 9.17) is 0 Å². The van der Waals surface area contributed by atoms with Crippen LogP contribution in [-0.2, 0) is 15.6 Å². The Balaban J connectivity index is 1.66. The van der Waals surface area contributed by atoms with E-state index in [2.05, 4.69) is 4.98 Å². The highest BCUT2D eigenvalue weighted by atomic mass is 32.2. The van der Waals surface area contributed by atoms with E-state index in [1.807, 2.05) is 6.07 Å². The van der Waals surface area contributed by atoms with Gasteiger partial charge in [0.15, 0.2) is 0 Å². The zero-order valence-corrected chi connectivity index (χ0v) is 14.4. The van der Waals surface area contributed by atoms with E-state index >= 15 is 0 Å². The number of aliphatic hydroxyl groups is 1. The summed E-state index contributed by atoms with van der Waals surface area (Å²) in [7, 11) is -3.71. The van der Waals surface area contributed by atoms with Gasteiger partial charge in [0.25, 0.3) is 0 Å². The average Bonchev–Trinajstić information content (AvgIpc) is 2.90. The summed E-state index contributed by atoms with van der Waals surface area (Å²) in [5.74, 6) is -0.466. The minimum atomic E-state index is -3.71. The van der Waals surface area contributed by atoms with Crippen LogP contribution in [0.5, 0.6) is 0 Å². The number of halogens is 1. The molecule has 0 spiro atoms. The van der Waals surface area contributed by atoms with E-state index in [0.717, 1.165) is 17.7 Å². The van der Waals surface area contributed by atoms with Gasteiger partial charge in [0.1, 0.15) is 5.82 Å². The molecule has 1 aromatic heterocycles. The van der Waals surface area contributed by atoms with Gasteiger partial charge in [-0.05, 0) is 56.0 Å². The number of fused-ring (bicyclic) bond motifs is 2. The maximum atomic E-state index is 13.1. The lowest BCUT2D eigenvalue weighted by Gasteiger charge is -2.43. The Bertz CT molecular complexity index is 857. The van der Waals surface area contributed by atoms with E-state index < -0.39 is 21.4 Å². The molecule has 2 bridgehead atoms. The third-order valence-electron chi connectivity index (χ3n) is 5.29. The van der Waals surface area contributed by atoms with Gasteiger partial charge in [-0.15, -0.1) is 0 Å². The van der Waals surface area contributed by atoms with Crippen molar-refractivity contribution in [2.75, 3.05) is 0 Å². The molecule has 0 amide bonds. The van der Waals surface area contributed by atoms with Gasteiger partial charge in [0.2, 0.25) is 10.0 Å². The third kappa shape index (κ3) is 2.76. The van der Waals surface area contributed by atoms with Crippen molar-refractivity contribution in [2.45, 2.75) is 48.3 Å². The van der Waals surface area contributed by atoms with Crippen LogP contribution in [0, 0.1) is 5.82 Å². The highest BCUT2D eigenvalue weighted by molar-refractivity contribution is 7.89. The first kappa shape index (κ1) is 16.6. The van der Waals surface area contributed by atoms with Crippen LogP contribution in [-0.4, -0.2) is 34.9 Å². The second-order valence-corrected chi connectivity index (χ2v) is 8.70. The molecule has 25 heavy (non-hydrogen) atoms. The van der Waals surface area contributed by atoms with E-state index in [1.54, 1.807) is 18.5 Å². The highest BCUT2D eigenvalue weighted by Gasteiger charge is 2.52. The van der Waals surface area contributed by atoms with Gasteiger partial charge >= 0.3 is 0 Å². The van der Waals surface area contributed by atoms with Crippen molar-refractivity contribution in [3.8, 4) is 0 Å². The Labute approximate surface area is 146 Å². The molecule has 2 atom stereocenters. The van der Waals surface area contributed by atoms with Gasteiger partial charge in [-0.3, -0.25) is 4.98 Å². The summed E-state index contributed by atoms with van der Waals surface area (Å²) in [6.45, 7) is 0. The topological polar surface area (TPSA) is 70.5 Å². The fraction of sp³-hybridized carbons (Fsp3) is 0.389. The molecule has 3 heterocycles. The lowest BCUT2D eigenvalue weighted by atomic mass is 9.82. The van der Waals surface area contributed by atoms with Crippen LogP contribution in [0.25, 0.3) is 0 Å². The second-order valence-electron chi connectivity index (χ2n) is 6.86. The first-order chi connectivity index (χ1) is 11.9. The number of pyridine rings is 1. The van der Waals surface area contributed by atoms with Crippen molar-refractivity contribution in [1.29, 1.82) is 0 Å². The van der Waals surface area contributed by atoms with Crippen LogP contribution in [0.2, 0.25) is 0 Å². The minimum absolute atomic E-state index is 0.0950. The molecule has 7 heteroatoms. The smallest absolute Gasteiger partial charge is 0.243 e. The van der Waals surface area contributed by atoms with E-state index in [-0.39, 0.29) is 17.0 Å². The fourth-order valence-corrected chi connectivity index (χ4v) is 6.05. The molecule has 2 aliphatic heterocycles. The van der Waals surface area contributed by atoms with Crippen molar-refractivity contribution in [2.24, 2.45) is 0 Å². The molecule has 0 radical (unpaired) electrons. The van der Waals surface area contributed by atoms with Crippen molar-refractivity contribution in [3.05, 3.63) is 60.2 Å². The summed E-state index contributed by atoms with van der Waals surface area (Å²) >= 11 is 0. The SMILES string of the molecule is O=S(=O)(c1ccc(F)cc1)N1C2CCC1CC(O)(c1cccnc1)C2. The zero-order valence-electron chi connectivity index (χ0n) is 13.5. The molecule has 0 aliphatic carbocycles. The Morgan fingerprint density at radius 3 is 2.32 bits per heavy atom. The molecule has 4 rings (SSSR count).